The molecule has 0 amide bonds. The zero-order valence-electron chi connectivity index (χ0n) is 12.6. The number of nitrogens with one attached hydrogen (secondary N) is 1. The average molecular weight is 312 g/mol. The molecule has 0 radical (unpaired) electrons. The molecule has 1 aliphatic carbocycles. The summed E-state index contributed by atoms with van der Waals surface area (Å²) in [6.07, 6.45) is 3.70. The van der Waals surface area contributed by atoms with Gasteiger partial charge in [-0.15, -0.1) is 0 Å². The van der Waals surface area contributed by atoms with Gasteiger partial charge in [0.05, 0.1) is 11.0 Å². The molecule has 0 unspecified atom stereocenters. The molecule has 6 heteroatoms. The van der Waals surface area contributed by atoms with Crippen LogP contribution >= 0.6 is 0 Å². The van der Waals surface area contributed by atoms with E-state index in [0.29, 0.717) is 12.3 Å². The van der Waals surface area contributed by atoms with Crippen LogP contribution in [-0.4, -0.2) is 26.6 Å². The fourth-order valence-electron chi connectivity index (χ4n) is 2.71. The Labute approximate surface area is 126 Å². The summed E-state index contributed by atoms with van der Waals surface area (Å²) in [5, 5.41) is 0. The summed E-state index contributed by atoms with van der Waals surface area (Å²) in [5.41, 5.74) is 5.31. The minimum absolute atomic E-state index is 0.0598. The fourth-order valence-corrected chi connectivity index (χ4v) is 4.18. The van der Waals surface area contributed by atoms with E-state index in [1.807, 2.05) is 13.8 Å². The first-order chi connectivity index (χ1) is 9.87. The summed E-state index contributed by atoms with van der Waals surface area (Å²) < 4.78 is 33.3. The van der Waals surface area contributed by atoms with Gasteiger partial charge < -0.3 is 10.5 Å². The Kier molecular flexibility index (Phi) is 4.91. The van der Waals surface area contributed by atoms with Crippen molar-refractivity contribution in [2.24, 2.45) is 5.73 Å². The molecule has 1 fully saturated rings. The predicted octanol–water partition coefficient (Wildman–Crippen LogP) is 2.02. The van der Waals surface area contributed by atoms with E-state index in [1.54, 1.807) is 24.3 Å². The molecular formula is C15H24N2O3S. The van der Waals surface area contributed by atoms with Gasteiger partial charge in [-0.1, -0.05) is 12.8 Å². The minimum atomic E-state index is -3.55. The topological polar surface area (TPSA) is 81.4 Å². The van der Waals surface area contributed by atoms with E-state index >= 15 is 0 Å². The van der Waals surface area contributed by atoms with Crippen LogP contribution in [0.5, 0.6) is 5.75 Å². The lowest BCUT2D eigenvalue weighted by Crippen LogP contribution is -2.51. The number of rotatable bonds is 6. The Hall–Kier alpha value is -1.11. The first kappa shape index (κ1) is 16.3. The van der Waals surface area contributed by atoms with Crippen LogP contribution in [0.15, 0.2) is 29.2 Å². The summed E-state index contributed by atoms with van der Waals surface area (Å²) in [6.45, 7) is 4.19. The van der Waals surface area contributed by atoms with Crippen molar-refractivity contribution >= 4 is 10.0 Å². The van der Waals surface area contributed by atoms with Crippen LogP contribution in [0.2, 0.25) is 0 Å². The molecule has 0 saturated heterocycles. The lowest BCUT2D eigenvalue weighted by molar-refractivity contribution is 0.242. The molecule has 1 aromatic rings. The predicted molar refractivity (Wildman–Crippen MR) is 82.8 cm³/mol. The second-order valence-electron chi connectivity index (χ2n) is 5.94. The van der Waals surface area contributed by atoms with Gasteiger partial charge in [0.2, 0.25) is 10.0 Å². The quantitative estimate of drug-likeness (QED) is 0.842. The van der Waals surface area contributed by atoms with E-state index in [1.165, 1.54) is 0 Å². The first-order valence-corrected chi connectivity index (χ1v) is 8.86. The lowest BCUT2D eigenvalue weighted by atomic mass is 10.0. The van der Waals surface area contributed by atoms with E-state index in [-0.39, 0.29) is 11.0 Å². The summed E-state index contributed by atoms with van der Waals surface area (Å²) in [5.74, 6) is 0.665. The van der Waals surface area contributed by atoms with Crippen LogP contribution in [0, 0.1) is 0 Å². The number of sulfonamides is 1. The molecule has 1 saturated carbocycles. The van der Waals surface area contributed by atoms with Crippen LogP contribution in [0.4, 0.5) is 0 Å². The van der Waals surface area contributed by atoms with Gasteiger partial charge in [-0.05, 0) is 51.0 Å². The van der Waals surface area contributed by atoms with Gasteiger partial charge in [0.15, 0.2) is 0 Å². The van der Waals surface area contributed by atoms with Crippen molar-refractivity contribution in [1.82, 2.24) is 4.72 Å². The number of benzene rings is 1. The molecule has 118 valence electrons. The summed E-state index contributed by atoms with van der Waals surface area (Å²) >= 11 is 0. The number of nitrogens with two attached hydrogens (primary N) is 1. The van der Waals surface area contributed by atoms with Crippen molar-refractivity contribution in [3.63, 3.8) is 0 Å². The fraction of sp³-hybridized carbons (Fsp3) is 0.600. The Bertz CT molecular complexity index is 561. The van der Waals surface area contributed by atoms with Crippen molar-refractivity contribution in [1.29, 1.82) is 0 Å². The normalized spacial score (nSPS) is 18.1. The Morgan fingerprint density at radius 1 is 1.24 bits per heavy atom. The molecule has 0 atom stereocenters. The third-order valence-electron chi connectivity index (χ3n) is 3.81. The molecule has 0 aliphatic heterocycles. The Morgan fingerprint density at radius 3 is 2.29 bits per heavy atom. The molecule has 5 nitrogen and oxygen atoms in total. The molecular weight excluding hydrogens is 288 g/mol. The molecule has 0 heterocycles. The maximum atomic E-state index is 12.5. The van der Waals surface area contributed by atoms with Gasteiger partial charge in [0, 0.05) is 12.1 Å². The molecule has 0 spiro atoms. The van der Waals surface area contributed by atoms with Gasteiger partial charge in [-0.25, -0.2) is 13.1 Å². The molecule has 21 heavy (non-hydrogen) atoms. The van der Waals surface area contributed by atoms with Gasteiger partial charge in [0.1, 0.15) is 5.75 Å². The Morgan fingerprint density at radius 2 is 1.81 bits per heavy atom. The van der Waals surface area contributed by atoms with Gasteiger partial charge >= 0.3 is 0 Å². The van der Waals surface area contributed by atoms with Crippen LogP contribution in [0.1, 0.15) is 39.5 Å². The number of ether oxygens (including phenoxy) is 1. The first-order valence-electron chi connectivity index (χ1n) is 7.38. The highest BCUT2D eigenvalue weighted by Gasteiger charge is 2.36. The van der Waals surface area contributed by atoms with Crippen molar-refractivity contribution in [2.45, 2.75) is 56.1 Å². The molecule has 3 N–H and O–H groups in total. The summed E-state index contributed by atoms with van der Waals surface area (Å²) in [4.78, 5) is 0.248. The summed E-state index contributed by atoms with van der Waals surface area (Å²) in [6, 6.07) is 6.50. The van der Waals surface area contributed by atoms with Crippen LogP contribution in [-0.2, 0) is 10.0 Å². The number of hydrogen-bond acceptors (Lipinski definition) is 4. The van der Waals surface area contributed by atoms with Gasteiger partial charge in [-0.3, -0.25) is 0 Å². The molecule has 1 aromatic carbocycles. The smallest absolute Gasteiger partial charge is 0.241 e. The highest BCUT2D eigenvalue weighted by Crippen LogP contribution is 2.30. The van der Waals surface area contributed by atoms with E-state index in [0.717, 1.165) is 25.7 Å². The molecule has 2 rings (SSSR count). The van der Waals surface area contributed by atoms with Crippen molar-refractivity contribution in [3.05, 3.63) is 24.3 Å². The zero-order chi connectivity index (χ0) is 15.5. The SMILES string of the molecule is CC(C)Oc1ccc(S(=O)(=O)NC2(CN)CCCC2)cc1. The maximum Gasteiger partial charge on any atom is 0.241 e. The third-order valence-corrected chi connectivity index (χ3v) is 5.40. The Balaban J connectivity index is 2.15. The van der Waals surface area contributed by atoms with Crippen molar-refractivity contribution in [2.75, 3.05) is 6.54 Å². The molecule has 1 aliphatic rings. The minimum Gasteiger partial charge on any atom is -0.491 e. The summed E-state index contributed by atoms with van der Waals surface area (Å²) in [7, 11) is -3.55. The van der Waals surface area contributed by atoms with Crippen LogP contribution in [0.3, 0.4) is 0 Å². The monoisotopic (exact) mass is 312 g/mol. The van der Waals surface area contributed by atoms with E-state index < -0.39 is 15.6 Å². The molecule has 0 bridgehead atoms. The highest BCUT2D eigenvalue weighted by atomic mass is 32.2. The standard InChI is InChI=1S/C15H24N2O3S/c1-12(2)20-13-5-7-14(8-6-13)21(18,19)17-15(11-16)9-3-4-10-15/h5-8,12,17H,3-4,9-11,16H2,1-2H3. The van der Waals surface area contributed by atoms with Crippen LogP contribution < -0.4 is 15.2 Å². The average Bonchev–Trinajstić information content (AvgIpc) is 2.87. The second-order valence-corrected chi connectivity index (χ2v) is 7.62. The lowest BCUT2D eigenvalue weighted by Gasteiger charge is -2.28. The van der Waals surface area contributed by atoms with E-state index in [9.17, 15) is 8.42 Å². The number of hydrogen-bond donors (Lipinski definition) is 2. The third kappa shape index (κ3) is 3.96. The van der Waals surface area contributed by atoms with Crippen molar-refractivity contribution in [3.8, 4) is 5.75 Å². The highest BCUT2D eigenvalue weighted by molar-refractivity contribution is 7.89. The maximum absolute atomic E-state index is 12.5. The zero-order valence-corrected chi connectivity index (χ0v) is 13.4. The second kappa shape index (κ2) is 6.34. The molecule has 0 aromatic heterocycles. The van der Waals surface area contributed by atoms with Gasteiger partial charge in [-0.2, -0.15) is 0 Å². The van der Waals surface area contributed by atoms with Gasteiger partial charge in [0.25, 0.3) is 0 Å². The largest absolute Gasteiger partial charge is 0.491 e. The van der Waals surface area contributed by atoms with Crippen molar-refractivity contribution < 1.29 is 13.2 Å². The van der Waals surface area contributed by atoms with E-state index in [2.05, 4.69) is 4.72 Å². The van der Waals surface area contributed by atoms with Crippen LogP contribution in [0.25, 0.3) is 0 Å². The van der Waals surface area contributed by atoms with E-state index in [4.69, 9.17) is 10.5 Å².